The average molecular weight is 695 g/mol. The van der Waals surface area contributed by atoms with Gasteiger partial charge in [0.25, 0.3) is 5.91 Å². The van der Waals surface area contributed by atoms with Gasteiger partial charge in [-0.3, -0.25) is 9.59 Å². The highest BCUT2D eigenvalue weighted by atomic mass is 32.5. The van der Waals surface area contributed by atoms with E-state index >= 15 is 0 Å². The Morgan fingerprint density at radius 3 is 1.43 bits per heavy atom. The molecular formula is C23H44N2O2P6S4. The molecule has 4 nitrogen and oxygen atoms in total. The lowest BCUT2D eigenvalue weighted by Gasteiger charge is -2.32. The molecule has 37 heavy (non-hydrogen) atoms. The zero-order valence-corrected chi connectivity index (χ0v) is 32.2. The van der Waals surface area contributed by atoms with E-state index in [4.69, 9.17) is 47.2 Å². The standard InChI is InChI=1S/C23H44N2O2P6S4/c1-19(26)24-12-13-25-23(27)20-10-11-21(28(15-30(2,3)34)16-31(4,5)35)22(14-20)29(17-32(6,7)36)18-33(8,9)37/h10-11,14H,12-13,15-18H2,1-9H3,(H,24,26)(H,25,27). The van der Waals surface area contributed by atoms with Crippen LogP contribution >= 0.6 is 40.0 Å². The fraction of sp³-hybridized carbons (Fsp3) is 0.652. The molecule has 0 unspecified atom stereocenters. The van der Waals surface area contributed by atoms with Crippen LogP contribution in [0, 0.1) is 0 Å². The van der Waals surface area contributed by atoms with Crippen LogP contribution in [0.15, 0.2) is 18.2 Å². The van der Waals surface area contributed by atoms with Gasteiger partial charge in [0, 0.05) is 49.2 Å². The number of hydrogen-bond donors (Lipinski definition) is 2. The molecule has 1 rings (SSSR count). The average Bonchev–Trinajstić information content (AvgIpc) is 2.65. The molecule has 0 radical (unpaired) electrons. The van der Waals surface area contributed by atoms with Crippen molar-refractivity contribution in [2.45, 2.75) is 6.92 Å². The summed E-state index contributed by atoms with van der Waals surface area (Å²) < 4.78 is 0. The van der Waals surface area contributed by atoms with Gasteiger partial charge < -0.3 is 10.6 Å². The van der Waals surface area contributed by atoms with E-state index in [0.29, 0.717) is 18.7 Å². The lowest BCUT2D eigenvalue weighted by Crippen LogP contribution is -2.34. The van der Waals surface area contributed by atoms with Crippen molar-refractivity contribution in [3.8, 4) is 0 Å². The monoisotopic (exact) mass is 694 g/mol. The van der Waals surface area contributed by atoms with E-state index in [9.17, 15) is 9.59 Å². The molecule has 2 amide bonds. The van der Waals surface area contributed by atoms with E-state index in [1.165, 1.54) is 17.5 Å². The molecule has 1 aromatic carbocycles. The normalized spacial score (nSPS) is 13.2. The summed E-state index contributed by atoms with van der Waals surface area (Å²) in [5, 5.41) is 8.35. The number of hydrogen-bond acceptors (Lipinski definition) is 6. The first-order chi connectivity index (χ1) is 16.6. The van der Waals surface area contributed by atoms with Gasteiger partial charge in [0.15, 0.2) is 0 Å². The van der Waals surface area contributed by atoms with Gasteiger partial charge in [0.2, 0.25) is 5.91 Å². The third-order valence-corrected chi connectivity index (χ3v) is 27.6. The number of carbonyl (C=O) groups is 2. The van der Waals surface area contributed by atoms with Gasteiger partial charge in [-0.1, -0.05) is 69.1 Å². The summed E-state index contributed by atoms with van der Waals surface area (Å²) in [6.45, 7) is 20.1. The minimum atomic E-state index is -1.50. The number of carbonyl (C=O) groups excluding carboxylic acids is 2. The largest absolute Gasteiger partial charge is 0.355 e. The molecule has 0 heterocycles. The van der Waals surface area contributed by atoms with Crippen LogP contribution in [0.5, 0.6) is 0 Å². The lowest BCUT2D eigenvalue weighted by atomic mass is 10.2. The van der Waals surface area contributed by atoms with Gasteiger partial charge in [0.1, 0.15) is 0 Å². The molecule has 0 saturated carbocycles. The van der Waals surface area contributed by atoms with E-state index in [1.807, 2.05) is 6.07 Å². The van der Waals surface area contributed by atoms with Crippen LogP contribution in [0.2, 0.25) is 0 Å². The van der Waals surface area contributed by atoms with Crippen LogP contribution in [0.3, 0.4) is 0 Å². The fourth-order valence-electron chi connectivity index (χ4n) is 3.74. The minimum absolute atomic E-state index is 0.107. The maximum atomic E-state index is 13.1. The van der Waals surface area contributed by atoms with Crippen molar-refractivity contribution >= 4 is 110 Å². The van der Waals surface area contributed by atoms with Crippen molar-refractivity contribution in [1.82, 2.24) is 10.6 Å². The molecule has 0 aliphatic heterocycles. The Kier molecular flexibility index (Phi) is 15.0. The van der Waals surface area contributed by atoms with Crippen LogP contribution in [-0.2, 0) is 52.0 Å². The third-order valence-electron chi connectivity index (χ3n) is 4.75. The molecule has 0 aliphatic rings. The number of amides is 2. The first-order valence-corrected chi connectivity index (χ1v) is 30.8. The Morgan fingerprint density at radius 2 is 1.05 bits per heavy atom. The summed E-state index contributed by atoms with van der Waals surface area (Å²) in [5.74, 6) is 3.85. The summed E-state index contributed by atoms with van der Waals surface area (Å²) in [5.41, 5.74) is 0.657. The van der Waals surface area contributed by atoms with Crippen LogP contribution in [0.25, 0.3) is 0 Å². The van der Waals surface area contributed by atoms with Crippen molar-refractivity contribution in [2.75, 3.05) is 90.0 Å². The zero-order chi connectivity index (χ0) is 28.8. The highest BCUT2D eigenvalue weighted by Crippen LogP contribution is 2.62. The highest BCUT2D eigenvalue weighted by Gasteiger charge is 2.28. The Bertz CT molecular complexity index is 1120. The van der Waals surface area contributed by atoms with Crippen molar-refractivity contribution < 1.29 is 9.59 Å². The van der Waals surface area contributed by atoms with Crippen molar-refractivity contribution in [3.63, 3.8) is 0 Å². The van der Waals surface area contributed by atoms with E-state index in [1.54, 1.807) is 0 Å². The second kappa shape index (κ2) is 15.2. The van der Waals surface area contributed by atoms with Crippen LogP contribution in [-0.4, -0.2) is 102 Å². The first-order valence-electron chi connectivity index (χ1n) is 11.9. The number of nitrogens with one attached hydrogen (secondary N) is 2. The van der Waals surface area contributed by atoms with Crippen LogP contribution < -0.4 is 21.2 Å². The molecule has 1 aromatic rings. The second-order valence-electron chi connectivity index (χ2n) is 11.4. The van der Waals surface area contributed by atoms with Gasteiger partial charge in [-0.05, 0) is 100 Å². The van der Waals surface area contributed by atoms with E-state index in [0.717, 1.165) is 23.6 Å². The lowest BCUT2D eigenvalue weighted by molar-refractivity contribution is -0.118. The van der Waals surface area contributed by atoms with Gasteiger partial charge in [0.05, 0.1) is 0 Å². The minimum Gasteiger partial charge on any atom is -0.355 e. The van der Waals surface area contributed by atoms with Gasteiger partial charge in [-0.15, -0.1) is 0 Å². The van der Waals surface area contributed by atoms with Crippen LogP contribution in [0.4, 0.5) is 0 Å². The molecule has 0 fully saturated rings. The Labute approximate surface area is 249 Å². The number of rotatable bonds is 14. The van der Waals surface area contributed by atoms with E-state index < -0.39 is 40.0 Å². The van der Waals surface area contributed by atoms with Crippen molar-refractivity contribution in [3.05, 3.63) is 23.8 Å². The Balaban J connectivity index is 3.69. The molecule has 0 spiro atoms. The maximum absolute atomic E-state index is 13.1. The van der Waals surface area contributed by atoms with Gasteiger partial charge in [-0.25, -0.2) is 0 Å². The second-order valence-corrected chi connectivity index (χ2v) is 43.5. The molecule has 0 bridgehead atoms. The van der Waals surface area contributed by atoms with Gasteiger partial charge in [-0.2, -0.15) is 0 Å². The first kappa shape index (κ1) is 36.6. The highest BCUT2D eigenvalue weighted by molar-refractivity contribution is 8.21. The molecule has 212 valence electrons. The van der Waals surface area contributed by atoms with Gasteiger partial charge >= 0.3 is 0 Å². The molecule has 0 aliphatic carbocycles. The SMILES string of the molecule is CC(=O)NCCNC(=O)c1ccc(P(CP(C)(C)=S)CP(C)(C)=S)c(P(CP(C)(C)=S)CP(C)(C)=S)c1. The molecule has 14 heteroatoms. The predicted molar refractivity (Wildman–Crippen MR) is 195 cm³/mol. The van der Waals surface area contributed by atoms with Crippen molar-refractivity contribution in [2.24, 2.45) is 0 Å². The maximum Gasteiger partial charge on any atom is 0.251 e. The molecule has 0 saturated heterocycles. The predicted octanol–water partition coefficient (Wildman–Crippen LogP) is 5.55. The molecule has 0 aromatic heterocycles. The summed E-state index contributed by atoms with van der Waals surface area (Å²) in [7, 11) is -1.14. The quantitative estimate of drug-likeness (QED) is 0.197. The van der Waals surface area contributed by atoms with Crippen LogP contribution in [0.1, 0.15) is 17.3 Å². The summed E-state index contributed by atoms with van der Waals surface area (Å²) in [4.78, 5) is 24.3. The third kappa shape index (κ3) is 16.6. The summed E-state index contributed by atoms with van der Waals surface area (Å²) in [6, 6.07) is 0.350. The Morgan fingerprint density at radius 1 is 0.676 bits per heavy atom. The number of benzene rings is 1. The smallest absolute Gasteiger partial charge is 0.251 e. The summed E-state index contributed by atoms with van der Waals surface area (Å²) in [6.07, 6.45) is 0. The fourth-order valence-corrected chi connectivity index (χ4v) is 28.9. The Hall–Kier alpha value is 1.62. The zero-order valence-electron chi connectivity index (χ0n) is 23.6. The molecular weight excluding hydrogens is 650 g/mol. The molecule has 0 atom stereocenters. The summed E-state index contributed by atoms with van der Waals surface area (Å²) >= 11 is 23.9. The molecule has 2 N–H and O–H groups in total. The van der Waals surface area contributed by atoms with E-state index in [-0.39, 0.29) is 11.8 Å². The topological polar surface area (TPSA) is 58.2 Å². The van der Waals surface area contributed by atoms with Crippen molar-refractivity contribution in [1.29, 1.82) is 0 Å². The van der Waals surface area contributed by atoms with E-state index in [2.05, 4.69) is 76.1 Å².